The smallest absolute Gasteiger partial charge is 0.136 e. The Kier molecular flexibility index (Phi) is 15.9. The fourth-order valence-electron chi connectivity index (χ4n) is 20.0. The lowest BCUT2D eigenvalue weighted by molar-refractivity contribution is 0.661. The highest BCUT2D eigenvalue weighted by Gasteiger charge is 2.42. The first-order valence-electron chi connectivity index (χ1n) is 41.0. The van der Waals surface area contributed by atoms with E-state index in [1.165, 1.54) is 174 Å². The third kappa shape index (κ3) is 11.0. The fraction of sp³-hybridized carbons (Fsp3) is 0.0526. The Bertz CT molecular complexity index is 7410. The molecule has 3 nitrogen and oxygen atoms in total. The Morgan fingerprint density at radius 1 is 0.220 bits per heavy atom. The summed E-state index contributed by atoms with van der Waals surface area (Å²) in [5.41, 5.74) is 28.5. The number of anilines is 6. The molecule has 22 aromatic rings. The molecule has 2 aliphatic rings. The van der Waals surface area contributed by atoms with Crippen molar-refractivity contribution in [1.82, 2.24) is 0 Å². The van der Waals surface area contributed by atoms with E-state index in [9.17, 15) is 0 Å². The quantitative estimate of drug-likeness (QED) is 0.136. The maximum Gasteiger partial charge on any atom is 0.136 e. The third-order valence-corrected chi connectivity index (χ3v) is 26.7. The van der Waals surface area contributed by atoms with Crippen LogP contribution in [0.4, 0.5) is 34.1 Å². The first-order chi connectivity index (χ1) is 58.0. The Balaban J connectivity index is 0.000000138. The summed E-state index contributed by atoms with van der Waals surface area (Å²) in [4.78, 5) is 5.08. The summed E-state index contributed by atoms with van der Waals surface area (Å²) >= 11 is 1.87. The lowest BCUT2D eigenvalue weighted by atomic mass is 9.80. The van der Waals surface area contributed by atoms with Gasteiger partial charge in [0.15, 0.2) is 0 Å². The molecule has 20 aromatic carbocycles. The molecular weight excluding hydrogens is 1450 g/mol. The molecule has 0 unspecified atom stereocenters. The van der Waals surface area contributed by atoms with Gasteiger partial charge >= 0.3 is 0 Å². The summed E-state index contributed by atoms with van der Waals surface area (Å²) in [7, 11) is 0. The molecule has 24 rings (SSSR count). The maximum absolute atomic E-state index is 6.32. The zero-order valence-electron chi connectivity index (χ0n) is 65.8. The van der Waals surface area contributed by atoms with Crippen molar-refractivity contribution in [3.05, 3.63) is 423 Å². The van der Waals surface area contributed by atoms with Crippen molar-refractivity contribution in [2.75, 3.05) is 9.80 Å². The van der Waals surface area contributed by atoms with Crippen LogP contribution >= 0.6 is 11.3 Å². The number of nitrogens with zero attached hydrogens (tertiary/aromatic N) is 2. The van der Waals surface area contributed by atoms with Crippen LogP contribution in [-0.4, -0.2) is 0 Å². The van der Waals surface area contributed by atoms with E-state index in [-0.39, 0.29) is 10.8 Å². The first-order valence-corrected chi connectivity index (χ1v) is 41.8. The molecule has 2 heterocycles. The van der Waals surface area contributed by atoms with Crippen LogP contribution in [-0.2, 0) is 10.8 Å². The van der Waals surface area contributed by atoms with E-state index in [0.29, 0.717) is 0 Å². The van der Waals surface area contributed by atoms with Crippen LogP contribution in [0.2, 0.25) is 0 Å². The van der Waals surface area contributed by atoms with Crippen molar-refractivity contribution in [1.29, 1.82) is 0 Å². The van der Waals surface area contributed by atoms with E-state index in [0.717, 1.165) is 55.8 Å². The lowest BCUT2D eigenvalue weighted by Crippen LogP contribution is -2.21. The van der Waals surface area contributed by atoms with Crippen LogP contribution in [0.15, 0.2) is 405 Å². The van der Waals surface area contributed by atoms with Gasteiger partial charge in [0, 0.05) is 64.3 Å². The van der Waals surface area contributed by atoms with Crippen molar-refractivity contribution < 1.29 is 4.42 Å². The Labute approximate surface area is 689 Å². The van der Waals surface area contributed by atoms with Gasteiger partial charge in [-0.15, -0.1) is 11.3 Å². The van der Waals surface area contributed by atoms with E-state index >= 15 is 0 Å². The number of rotatable bonds is 10. The van der Waals surface area contributed by atoms with Crippen molar-refractivity contribution in [3.8, 4) is 66.8 Å². The van der Waals surface area contributed by atoms with Gasteiger partial charge in [0.25, 0.3) is 0 Å². The molecule has 0 fully saturated rings. The minimum absolute atomic E-state index is 0.250. The van der Waals surface area contributed by atoms with Gasteiger partial charge in [0.1, 0.15) is 11.2 Å². The van der Waals surface area contributed by atoms with Crippen molar-refractivity contribution in [2.45, 2.75) is 38.5 Å². The zero-order chi connectivity index (χ0) is 78.5. The van der Waals surface area contributed by atoms with E-state index in [1.54, 1.807) is 0 Å². The van der Waals surface area contributed by atoms with Crippen molar-refractivity contribution in [2.24, 2.45) is 0 Å². The SMILES string of the molecule is CC1(C)c2cc3ccccc3cc2-c2cccc(N(c3ccc(-c4ccc5c(c4)oc4ccccc45)cc3)c3ccc4ccccc4c3-c3cccc4ccccc34)c21.CC1(C)c2cc3ccccc3cc2-c2cccc(N(c3ccc(-c4ccc5c(c4)sc4ccccc45)cc3)c3ccc4ccccc4c3-c3cccc4ccccc34)c21. The molecule has 0 saturated heterocycles. The summed E-state index contributed by atoms with van der Waals surface area (Å²) in [6, 6.07) is 148. The Morgan fingerprint density at radius 2 is 0.576 bits per heavy atom. The molecular formula is C114H78N2OS. The molecule has 0 N–H and O–H groups in total. The van der Waals surface area contributed by atoms with E-state index in [4.69, 9.17) is 4.42 Å². The molecule has 0 atom stereocenters. The summed E-state index contributed by atoms with van der Waals surface area (Å²) in [5.74, 6) is 0. The second-order valence-corrected chi connectivity index (χ2v) is 34.0. The second kappa shape index (κ2) is 27.1. The van der Waals surface area contributed by atoms with Gasteiger partial charge in [-0.3, -0.25) is 0 Å². The van der Waals surface area contributed by atoms with Gasteiger partial charge in [-0.25, -0.2) is 0 Å². The monoisotopic (exact) mass is 1520 g/mol. The molecule has 4 heteroatoms. The van der Waals surface area contributed by atoms with Crippen LogP contribution in [0.25, 0.3) is 174 Å². The molecule has 0 spiro atoms. The Morgan fingerprint density at radius 3 is 1.08 bits per heavy atom. The van der Waals surface area contributed by atoms with Gasteiger partial charge < -0.3 is 14.2 Å². The van der Waals surface area contributed by atoms with Crippen LogP contribution in [0.1, 0.15) is 49.9 Å². The molecule has 0 aliphatic heterocycles. The highest BCUT2D eigenvalue weighted by molar-refractivity contribution is 7.25. The maximum atomic E-state index is 6.32. The highest BCUT2D eigenvalue weighted by Crippen LogP contribution is 2.60. The Hall–Kier alpha value is -14.4. The molecule has 0 amide bonds. The first kappa shape index (κ1) is 69.1. The van der Waals surface area contributed by atoms with Gasteiger partial charge in [0.05, 0.1) is 22.7 Å². The number of furan rings is 1. The predicted octanol–water partition coefficient (Wildman–Crippen LogP) is 32.8. The lowest BCUT2D eigenvalue weighted by Gasteiger charge is -2.34. The standard InChI is InChI=1S/C57H39NO.C57H39NS/c2*1-57(2)50-34-40-16-4-3-15-39(40)33-49(50)48-22-12-23-52(56(48)57)58(42-29-25-36(26-30-42)41-27-31-46-45-20-9-10-24-53(45)59-54(46)35-41)51-32-28-38-14-6-8-19-44(38)55(51)47-21-11-17-37-13-5-7-18-43(37)47/h2*3-35H,1-2H3. The van der Waals surface area contributed by atoms with Crippen molar-refractivity contribution in [3.63, 3.8) is 0 Å². The van der Waals surface area contributed by atoms with Gasteiger partial charge in [-0.2, -0.15) is 0 Å². The average Bonchev–Trinajstić information content (AvgIpc) is 1.51. The summed E-state index contributed by atoms with van der Waals surface area (Å²) < 4.78 is 8.97. The van der Waals surface area contributed by atoms with E-state index in [2.05, 4.69) is 426 Å². The average molecular weight is 1520 g/mol. The fourth-order valence-corrected chi connectivity index (χ4v) is 21.2. The second-order valence-electron chi connectivity index (χ2n) is 32.9. The van der Waals surface area contributed by atoms with Crippen LogP contribution in [0.3, 0.4) is 0 Å². The van der Waals surface area contributed by atoms with Crippen LogP contribution in [0, 0.1) is 0 Å². The topological polar surface area (TPSA) is 19.6 Å². The minimum Gasteiger partial charge on any atom is -0.456 e. The highest BCUT2D eigenvalue weighted by atomic mass is 32.1. The number of hydrogen-bond acceptors (Lipinski definition) is 4. The molecule has 2 aromatic heterocycles. The summed E-state index contributed by atoms with van der Waals surface area (Å²) in [5, 5.41) is 19.9. The van der Waals surface area contributed by atoms with Gasteiger partial charge in [-0.05, 0) is 246 Å². The molecule has 556 valence electrons. The van der Waals surface area contributed by atoms with Gasteiger partial charge in [-0.1, -0.05) is 325 Å². The van der Waals surface area contributed by atoms with Gasteiger partial charge in [0.2, 0.25) is 0 Å². The number of benzene rings is 20. The van der Waals surface area contributed by atoms with Crippen LogP contribution < -0.4 is 9.80 Å². The summed E-state index contributed by atoms with van der Waals surface area (Å²) in [6.07, 6.45) is 0. The van der Waals surface area contributed by atoms with Crippen LogP contribution in [0.5, 0.6) is 0 Å². The largest absolute Gasteiger partial charge is 0.456 e. The molecule has 0 radical (unpaired) electrons. The van der Waals surface area contributed by atoms with E-state index < -0.39 is 0 Å². The minimum atomic E-state index is -0.262. The van der Waals surface area contributed by atoms with Crippen molar-refractivity contribution >= 4 is 152 Å². The molecule has 0 saturated carbocycles. The number of fused-ring (bicyclic) bond motifs is 18. The molecule has 2 aliphatic carbocycles. The third-order valence-electron chi connectivity index (χ3n) is 25.6. The molecule has 0 bridgehead atoms. The molecule has 118 heavy (non-hydrogen) atoms. The van der Waals surface area contributed by atoms with E-state index in [1.807, 2.05) is 23.5 Å². The zero-order valence-corrected chi connectivity index (χ0v) is 66.6. The normalized spacial score (nSPS) is 13.1. The number of thiophene rings is 1. The number of para-hydroxylation sites is 1. The predicted molar refractivity (Wildman–Crippen MR) is 504 cm³/mol. The summed E-state index contributed by atoms with van der Waals surface area (Å²) in [6.45, 7) is 9.62. The number of hydrogen-bond donors (Lipinski definition) is 0.